The van der Waals surface area contributed by atoms with Crippen molar-refractivity contribution in [1.29, 1.82) is 0 Å². The van der Waals surface area contributed by atoms with Crippen LogP contribution in [0.4, 0.5) is 10.5 Å². The van der Waals surface area contributed by atoms with Gasteiger partial charge < -0.3 is 4.74 Å². The van der Waals surface area contributed by atoms with Gasteiger partial charge in [0.2, 0.25) is 5.78 Å². The minimum atomic E-state index is -0.515. The third-order valence-electron chi connectivity index (χ3n) is 2.93. The Balaban J connectivity index is 2.02. The van der Waals surface area contributed by atoms with Gasteiger partial charge in [0, 0.05) is 11.1 Å². The predicted molar refractivity (Wildman–Crippen MR) is 83.9 cm³/mol. The maximum Gasteiger partial charge on any atom is 0.418 e. The number of amides is 1. The van der Waals surface area contributed by atoms with Crippen LogP contribution in [0.5, 0.6) is 0 Å². The molecule has 0 fully saturated rings. The Kier molecular flexibility index (Phi) is 3.81. The Morgan fingerprint density at radius 1 is 1.14 bits per heavy atom. The van der Waals surface area contributed by atoms with Gasteiger partial charge in [0.25, 0.3) is 0 Å². The maximum absolute atomic E-state index is 12.5. The van der Waals surface area contributed by atoms with Crippen molar-refractivity contribution in [3.05, 3.63) is 57.8 Å². The molecule has 1 aliphatic rings. The summed E-state index contributed by atoms with van der Waals surface area (Å²) in [5, 5.41) is 1.85. The van der Waals surface area contributed by atoms with Crippen LogP contribution in [0.15, 0.2) is 57.8 Å². The van der Waals surface area contributed by atoms with Crippen LogP contribution in [0.25, 0.3) is 0 Å². The molecule has 1 aromatic carbocycles. The van der Waals surface area contributed by atoms with Gasteiger partial charge in [0.15, 0.2) is 0 Å². The van der Waals surface area contributed by atoms with E-state index in [-0.39, 0.29) is 5.78 Å². The third-order valence-corrected chi connectivity index (χ3v) is 4.88. The number of ketones is 1. The first-order chi connectivity index (χ1) is 10.2. The van der Waals surface area contributed by atoms with E-state index in [1.807, 2.05) is 35.7 Å². The number of carbonyl (C=O) groups excluding carboxylic acids is 2. The lowest BCUT2D eigenvalue weighted by Crippen LogP contribution is -2.28. The minimum Gasteiger partial charge on any atom is -0.452 e. The normalized spacial score (nSPS) is 13.4. The van der Waals surface area contributed by atoms with Crippen LogP contribution in [0.1, 0.15) is 9.67 Å². The van der Waals surface area contributed by atoms with Gasteiger partial charge in [-0.05, 0) is 23.6 Å². The Hall–Kier alpha value is -2.05. The molecule has 6 heteroatoms. The lowest BCUT2D eigenvalue weighted by molar-refractivity contribution is 0.104. The molecule has 0 radical (unpaired) electrons. The summed E-state index contributed by atoms with van der Waals surface area (Å²) < 4.78 is 4.79. The Bertz CT molecular complexity index is 722. The number of thiophene rings is 1. The van der Waals surface area contributed by atoms with Gasteiger partial charge in [0.05, 0.1) is 22.6 Å². The van der Waals surface area contributed by atoms with E-state index in [1.54, 1.807) is 12.3 Å². The number of ether oxygens (including phenoxy) is 1. The lowest BCUT2D eigenvalue weighted by Gasteiger charge is -2.25. The molecule has 4 nitrogen and oxygen atoms in total. The number of Topliss-reactive ketones (excluding diaryl/α,β-unsaturated/α-hetero) is 1. The van der Waals surface area contributed by atoms with Gasteiger partial charge in [-0.15, -0.1) is 11.3 Å². The summed E-state index contributed by atoms with van der Waals surface area (Å²) in [4.78, 5) is 27.8. The smallest absolute Gasteiger partial charge is 0.418 e. The van der Waals surface area contributed by atoms with Crippen molar-refractivity contribution < 1.29 is 14.3 Å². The molecule has 0 N–H and O–H groups in total. The predicted octanol–water partition coefficient (Wildman–Crippen LogP) is 4.15. The number of fused-ring (bicyclic) bond motifs is 1. The Morgan fingerprint density at radius 2 is 1.95 bits per heavy atom. The minimum absolute atomic E-state index is 0.0848. The van der Waals surface area contributed by atoms with Crippen LogP contribution in [-0.4, -0.2) is 19.0 Å². The Labute approximate surface area is 130 Å². The number of rotatable bonds is 2. The van der Waals surface area contributed by atoms with E-state index in [0.29, 0.717) is 9.78 Å². The van der Waals surface area contributed by atoms with Gasteiger partial charge in [-0.3, -0.25) is 9.69 Å². The molecule has 0 spiro atoms. The van der Waals surface area contributed by atoms with Crippen LogP contribution in [0.2, 0.25) is 0 Å². The van der Waals surface area contributed by atoms with Crippen molar-refractivity contribution in [3.63, 3.8) is 0 Å². The van der Waals surface area contributed by atoms with Crippen LogP contribution in [0, 0.1) is 0 Å². The second-order valence-electron chi connectivity index (χ2n) is 4.21. The number of allylic oxidation sites excluding steroid dienone is 1. The number of anilines is 1. The van der Waals surface area contributed by atoms with E-state index in [2.05, 4.69) is 0 Å². The highest BCUT2D eigenvalue weighted by atomic mass is 32.2. The van der Waals surface area contributed by atoms with Crippen LogP contribution in [0.3, 0.4) is 0 Å². The van der Waals surface area contributed by atoms with Crippen LogP contribution in [-0.2, 0) is 4.74 Å². The molecule has 0 atom stereocenters. The second-order valence-corrected chi connectivity index (χ2v) is 6.24. The highest BCUT2D eigenvalue weighted by Gasteiger charge is 2.27. The fourth-order valence-corrected chi connectivity index (χ4v) is 3.72. The molecule has 106 valence electrons. The molecule has 2 heterocycles. The van der Waals surface area contributed by atoms with E-state index < -0.39 is 6.09 Å². The fraction of sp³-hybridized carbons (Fsp3) is 0.0667. The number of benzene rings is 1. The first kappa shape index (κ1) is 13.9. The van der Waals surface area contributed by atoms with Crippen molar-refractivity contribution in [2.24, 2.45) is 0 Å². The summed E-state index contributed by atoms with van der Waals surface area (Å²) in [5.41, 5.74) is 0.720. The number of methoxy groups -OCH3 is 1. The zero-order valence-corrected chi connectivity index (χ0v) is 12.7. The SMILES string of the molecule is COC(=O)N1C=C(C(=O)c2cccs2)Sc2ccccc21. The first-order valence-corrected chi connectivity index (χ1v) is 7.84. The summed E-state index contributed by atoms with van der Waals surface area (Å²) in [7, 11) is 1.32. The molecule has 21 heavy (non-hydrogen) atoms. The van der Waals surface area contributed by atoms with Crippen molar-refractivity contribution in [2.75, 3.05) is 12.0 Å². The van der Waals surface area contributed by atoms with Crippen LogP contribution >= 0.6 is 23.1 Å². The average molecular weight is 317 g/mol. The molecule has 1 aromatic heterocycles. The average Bonchev–Trinajstić information content (AvgIpc) is 3.06. The second kappa shape index (κ2) is 5.75. The van der Waals surface area contributed by atoms with Crippen molar-refractivity contribution in [2.45, 2.75) is 4.90 Å². The molecule has 2 aromatic rings. The number of hydrogen-bond donors (Lipinski definition) is 0. The molecule has 3 rings (SSSR count). The largest absolute Gasteiger partial charge is 0.452 e. The van der Waals surface area contributed by atoms with E-state index in [0.717, 1.165) is 10.6 Å². The van der Waals surface area contributed by atoms with Gasteiger partial charge in [-0.2, -0.15) is 0 Å². The van der Waals surface area contributed by atoms with Gasteiger partial charge in [-0.25, -0.2) is 4.79 Å². The van der Waals surface area contributed by atoms with Crippen molar-refractivity contribution >= 4 is 40.7 Å². The molecule has 0 bridgehead atoms. The molecule has 0 saturated carbocycles. The molecule has 0 aliphatic carbocycles. The molecular formula is C15H11NO3S2. The van der Waals surface area contributed by atoms with E-state index in [4.69, 9.17) is 4.74 Å². The summed E-state index contributed by atoms with van der Waals surface area (Å²) in [5.74, 6) is -0.0848. The van der Waals surface area contributed by atoms with Gasteiger partial charge >= 0.3 is 6.09 Å². The highest BCUT2D eigenvalue weighted by Crippen LogP contribution is 2.41. The Morgan fingerprint density at radius 3 is 2.67 bits per heavy atom. The van der Waals surface area contributed by atoms with Gasteiger partial charge in [-0.1, -0.05) is 30.0 Å². The highest BCUT2D eigenvalue weighted by molar-refractivity contribution is 8.04. The van der Waals surface area contributed by atoms with Crippen molar-refractivity contribution in [3.8, 4) is 0 Å². The summed E-state index contributed by atoms with van der Waals surface area (Å²) >= 11 is 2.75. The number of hydrogen-bond acceptors (Lipinski definition) is 5. The summed E-state index contributed by atoms with van der Waals surface area (Å²) in [6, 6.07) is 11.0. The van der Waals surface area contributed by atoms with E-state index in [1.165, 1.54) is 35.1 Å². The summed E-state index contributed by atoms with van der Waals surface area (Å²) in [6.45, 7) is 0. The topological polar surface area (TPSA) is 46.6 Å². The molecule has 1 amide bonds. The number of nitrogens with zero attached hydrogens (tertiary/aromatic N) is 1. The summed E-state index contributed by atoms with van der Waals surface area (Å²) in [6.07, 6.45) is 1.03. The van der Waals surface area contributed by atoms with Crippen LogP contribution < -0.4 is 4.90 Å². The van der Waals surface area contributed by atoms with Gasteiger partial charge in [0.1, 0.15) is 0 Å². The maximum atomic E-state index is 12.5. The molecule has 0 saturated heterocycles. The molecule has 1 aliphatic heterocycles. The van der Waals surface area contributed by atoms with Crippen molar-refractivity contribution in [1.82, 2.24) is 0 Å². The number of carbonyl (C=O) groups is 2. The quantitative estimate of drug-likeness (QED) is 0.781. The van der Waals surface area contributed by atoms with E-state index >= 15 is 0 Å². The monoisotopic (exact) mass is 317 g/mol. The molecular weight excluding hydrogens is 306 g/mol. The zero-order valence-electron chi connectivity index (χ0n) is 11.1. The number of para-hydroxylation sites is 1. The number of thioether (sulfide) groups is 1. The zero-order chi connectivity index (χ0) is 14.8. The fourth-order valence-electron chi connectivity index (χ4n) is 1.96. The standard InChI is InChI=1S/C15H11NO3S2/c1-19-15(18)16-9-13(14(17)12-7-4-8-20-12)21-11-6-3-2-5-10(11)16/h2-9H,1H3. The third kappa shape index (κ3) is 2.59. The lowest BCUT2D eigenvalue weighted by atomic mass is 10.2. The molecule has 0 unspecified atom stereocenters. The first-order valence-electron chi connectivity index (χ1n) is 6.15. The van der Waals surface area contributed by atoms with E-state index in [9.17, 15) is 9.59 Å².